The van der Waals surface area contributed by atoms with E-state index >= 15 is 0 Å². The largest absolute Gasteiger partial charge is 0.493 e. The summed E-state index contributed by atoms with van der Waals surface area (Å²) in [6, 6.07) is 10.1. The molecule has 0 aliphatic rings. The van der Waals surface area contributed by atoms with Crippen LogP contribution in [0.5, 0.6) is 11.5 Å². The Balaban J connectivity index is 1.71. The molecule has 0 fully saturated rings. The summed E-state index contributed by atoms with van der Waals surface area (Å²) in [6.45, 7) is 2.22. The van der Waals surface area contributed by atoms with Crippen LogP contribution >= 0.6 is 34.5 Å². The van der Waals surface area contributed by atoms with Crippen LogP contribution in [0.25, 0.3) is 0 Å². The zero-order valence-corrected chi connectivity index (χ0v) is 17.5. The van der Waals surface area contributed by atoms with Crippen molar-refractivity contribution in [1.29, 1.82) is 0 Å². The maximum Gasteiger partial charge on any atom is 0.257 e. The molecule has 2 aromatic carbocycles. The third kappa shape index (κ3) is 4.92. The number of nitrogens with zero attached hydrogens (tertiary/aromatic N) is 2. The minimum Gasteiger partial charge on any atom is -0.493 e. The summed E-state index contributed by atoms with van der Waals surface area (Å²) in [5.41, 5.74) is 1.21. The molecule has 0 radical (unpaired) electrons. The average Bonchev–Trinajstić information content (AvgIpc) is 3.14. The first-order valence-corrected chi connectivity index (χ1v) is 9.96. The first kappa shape index (κ1) is 20.4. The van der Waals surface area contributed by atoms with Crippen LogP contribution < -0.4 is 14.8 Å². The fourth-order valence-electron chi connectivity index (χ4n) is 2.34. The van der Waals surface area contributed by atoms with Gasteiger partial charge >= 0.3 is 0 Å². The van der Waals surface area contributed by atoms with Crippen LogP contribution in [-0.2, 0) is 13.0 Å². The zero-order valence-electron chi connectivity index (χ0n) is 15.2. The van der Waals surface area contributed by atoms with E-state index in [1.54, 1.807) is 36.4 Å². The number of hydrogen-bond donors (Lipinski definition) is 1. The molecule has 1 aromatic heterocycles. The molecule has 0 atom stereocenters. The highest BCUT2D eigenvalue weighted by atomic mass is 35.5. The van der Waals surface area contributed by atoms with Gasteiger partial charge < -0.3 is 9.47 Å². The molecule has 3 aromatic rings. The number of aryl methyl sites for hydroxylation is 1. The fourth-order valence-corrected chi connectivity index (χ4v) is 3.48. The molecular formula is C19H17Cl2N3O3S. The monoisotopic (exact) mass is 437 g/mol. The predicted octanol–water partition coefficient (Wildman–Crippen LogP) is 5.25. The molecule has 28 heavy (non-hydrogen) atoms. The second-order valence-corrected chi connectivity index (χ2v) is 7.60. The first-order chi connectivity index (χ1) is 13.5. The summed E-state index contributed by atoms with van der Waals surface area (Å²) >= 11 is 13.4. The van der Waals surface area contributed by atoms with E-state index in [0.29, 0.717) is 32.2 Å². The molecule has 0 aliphatic heterocycles. The van der Waals surface area contributed by atoms with Crippen molar-refractivity contribution >= 4 is 45.6 Å². The van der Waals surface area contributed by atoms with Crippen LogP contribution in [-0.4, -0.2) is 23.2 Å². The van der Waals surface area contributed by atoms with E-state index in [9.17, 15) is 4.79 Å². The van der Waals surface area contributed by atoms with Gasteiger partial charge in [-0.25, -0.2) is 0 Å². The molecule has 9 heteroatoms. The highest BCUT2D eigenvalue weighted by molar-refractivity contribution is 7.15. The molecule has 1 heterocycles. The van der Waals surface area contributed by atoms with Crippen molar-refractivity contribution in [1.82, 2.24) is 10.2 Å². The molecule has 0 bridgehead atoms. The second kappa shape index (κ2) is 9.23. The molecule has 1 amide bonds. The van der Waals surface area contributed by atoms with Gasteiger partial charge in [0.1, 0.15) is 11.6 Å². The molecule has 0 spiro atoms. The van der Waals surface area contributed by atoms with Crippen molar-refractivity contribution < 1.29 is 14.3 Å². The summed E-state index contributed by atoms with van der Waals surface area (Å²) in [7, 11) is 1.51. The third-order valence-electron chi connectivity index (χ3n) is 3.81. The Morgan fingerprint density at radius 1 is 1.14 bits per heavy atom. The molecule has 0 unspecified atom stereocenters. The van der Waals surface area contributed by atoms with Gasteiger partial charge in [0.05, 0.1) is 7.11 Å². The van der Waals surface area contributed by atoms with E-state index in [1.165, 1.54) is 18.4 Å². The lowest BCUT2D eigenvalue weighted by Gasteiger charge is -2.13. The minimum absolute atomic E-state index is 0.239. The van der Waals surface area contributed by atoms with Gasteiger partial charge in [-0.2, -0.15) is 0 Å². The summed E-state index contributed by atoms with van der Waals surface area (Å²) in [6.07, 6.45) is 0.769. The molecule has 3 rings (SSSR count). The number of anilines is 1. The number of amides is 1. The Morgan fingerprint density at radius 3 is 2.64 bits per heavy atom. The van der Waals surface area contributed by atoms with Crippen molar-refractivity contribution in [2.24, 2.45) is 0 Å². The fraction of sp³-hybridized carbons (Fsp3) is 0.211. The van der Waals surface area contributed by atoms with Gasteiger partial charge in [-0.15, -0.1) is 10.2 Å². The Kier molecular flexibility index (Phi) is 6.72. The van der Waals surface area contributed by atoms with E-state index < -0.39 is 0 Å². The lowest BCUT2D eigenvalue weighted by molar-refractivity contribution is 0.102. The van der Waals surface area contributed by atoms with E-state index in [4.69, 9.17) is 32.7 Å². The van der Waals surface area contributed by atoms with E-state index in [0.717, 1.165) is 17.0 Å². The Bertz CT molecular complexity index is 994. The normalized spacial score (nSPS) is 10.6. The van der Waals surface area contributed by atoms with Crippen molar-refractivity contribution in [2.45, 2.75) is 20.0 Å². The Hall–Kier alpha value is -2.35. The van der Waals surface area contributed by atoms with E-state index in [2.05, 4.69) is 15.5 Å². The molecule has 6 nitrogen and oxygen atoms in total. The van der Waals surface area contributed by atoms with Crippen molar-refractivity contribution in [3.05, 3.63) is 62.6 Å². The van der Waals surface area contributed by atoms with Crippen molar-refractivity contribution in [3.63, 3.8) is 0 Å². The van der Waals surface area contributed by atoms with Crippen LogP contribution in [0.15, 0.2) is 36.4 Å². The molecule has 146 valence electrons. The third-order valence-corrected chi connectivity index (χ3v) is 5.38. The average molecular weight is 438 g/mol. The van der Waals surface area contributed by atoms with Crippen molar-refractivity contribution in [2.75, 3.05) is 12.4 Å². The number of hydrogen-bond acceptors (Lipinski definition) is 6. The zero-order chi connectivity index (χ0) is 20.1. The minimum atomic E-state index is -0.301. The number of carbonyl (C=O) groups is 1. The van der Waals surface area contributed by atoms with Crippen molar-refractivity contribution in [3.8, 4) is 11.5 Å². The second-order valence-electron chi connectivity index (χ2n) is 5.70. The highest BCUT2D eigenvalue weighted by Crippen LogP contribution is 2.30. The molecule has 0 saturated carbocycles. The van der Waals surface area contributed by atoms with Gasteiger partial charge in [-0.1, -0.05) is 47.5 Å². The van der Waals surface area contributed by atoms with Gasteiger partial charge in [0, 0.05) is 21.2 Å². The van der Waals surface area contributed by atoms with Gasteiger partial charge in [0.25, 0.3) is 5.91 Å². The van der Waals surface area contributed by atoms with Crippen LogP contribution in [0.2, 0.25) is 10.0 Å². The predicted molar refractivity (Wildman–Crippen MR) is 111 cm³/mol. The number of carbonyl (C=O) groups excluding carboxylic acids is 1. The van der Waals surface area contributed by atoms with E-state index in [-0.39, 0.29) is 12.5 Å². The quantitative estimate of drug-likeness (QED) is 0.546. The maximum atomic E-state index is 12.4. The topological polar surface area (TPSA) is 73.3 Å². The van der Waals surface area contributed by atoms with Gasteiger partial charge in [0.15, 0.2) is 11.5 Å². The van der Waals surface area contributed by atoms with Crippen LogP contribution in [0.3, 0.4) is 0 Å². The number of ether oxygens (including phenoxy) is 2. The lowest BCUT2D eigenvalue weighted by atomic mass is 10.2. The number of nitrogens with one attached hydrogen (secondary N) is 1. The first-order valence-electron chi connectivity index (χ1n) is 8.38. The summed E-state index contributed by atoms with van der Waals surface area (Å²) in [5, 5.41) is 13.1. The maximum absolute atomic E-state index is 12.4. The van der Waals surface area contributed by atoms with Crippen LogP contribution in [0.1, 0.15) is 27.9 Å². The summed E-state index contributed by atoms with van der Waals surface area (Å²) in [5.74, 6) is 0.628. The number of aromatic nitrogens is 2. The lowest BCUT2D eigenvalue weighted by Crippen LogP contribution is -2.12. The Labute approximate surface area is 176 Å². The number of halogens is 2. The summed E-state index contributed by atoms with van der Waals surface area (Å²) < 4.78 is 11.2. The molecule has 0 saturated heterocycles. The molecular weight excluding hydrogens is 421 g/mol. The van der Waals surface area contributed by atoms with Gasteiger partial charge in [-0.3, -0.25) is 10.1 Å². The standard InChI is InChI=1S/C19H17Cl2N3O3S/c1-3-17-23-24-19(28-17)22-18(25)11-5-7-15(16(8-11)26-2)27-10-12-4-6-13(20)9-14(12)21/h4-9H,3,10H2,1-2H3,(H,22,24,25). The SMILES string of the molecule is CCc1nnc(NC(=O)c2ccc(OCc3ccc(Cl)cc3Cl)c(OC)c2)s1. The van der Waals surface area contributed by atoms with E-state index in [1.807, 2.05) is 6.92 Å². The number of rotatable bonds is 7. The molecule has 0 aliphatic carbocycles. The number of benzene rings is 2. The summed E-state index contributed by atoms with van der Waals surface area (Å²) in [4.78, 5) is 12.4. The van der Waals surface area contributed by atoms with Gasteiger partial charge in [0.2, 0.25) is 5.13 Å². The Morgan fingerprint density at radius 2 is 1.96 bits per heavy atom. The van der Waals surface area contributed by atoms with Gasteiger partial charge in [-0.05, 0) is 36.8 Å². The number of methoxy groups -OCH3 is 1. The molecule has 1 N–H and O–H groups in total. The highest BCUT2D eigenvalue weighted by Gasteiger charge is 2.14. The smallest absolute Gasteiger partial charge is 0.257 e. The van der Waals surface area contributed by atoms with Crippen LogP contribution in [0.4, 0.5) is 5.13 Å². The van der Waals surface area contributed by atoms with Crippen LogP contribution in [0, 0.1) is 0 Å².